The molecule has 0 radical (unpaired) electrons. The van der Waals surface area contributed by atoms with E-state index >= 15 is 0 Å². The number of ether oxygens (including phenoxy) is 1. The van der Waals surface area contributed by atoms with E-state index in [0.717, 1.165) is 11.1 Å². The van der Waals surface area contributed by atoms with Gasteiger partial charge in [-0.25, -0.2) is 4.79 Å². The smallest absolute Gasteiger partial charge is 0.335 e. The number of hydrogen-bond donors (Lipinski definition) is 1. The monoisotopic (exact) mass is 256 g/mol. The topological polar surface area (TPSA) is 46.5 Å². The van der Waals surface area contributed by atoms with Crippen LogP contribution in [0.4, 0.5) is 0 Å². The Bertz CT molecular complexity index is 481. The molecule has 1 atom stereocenters. The Morgan fingerprint density at radius 3 is 1.74 bits per heavy atom. The summed E-state index contributed by atoms with van der Waals surface area (Å²) < 4.78 is 5.40. The molecule has 1 N–H and O–H groups in total. The SMILES string of the molecule is CC(O)C(=O)OC(c1ccccc1)c1ccccc1. The van der Waals surface area contributed by atoms with Crippen LogP contribution in [-0.2, 0) is 9.53 Å². The van der Waals surface area contributed by atoms with Crippen molar-refractivity contribution < 1.29 is 14.6 Å². The van der Waals surface area contributed by atoms with Crippen molar-refractivity contribution in [3.8, 4) is 0 Å². The number of hydrogen-bond acceptors (Lipinski definition) is 3. The van der Waals surface area contributed by atoms with Crippen LogP contribution in [0.3, 0.4) is 0 Å². The van der Waals surface area contributed by atoms with Gasteiger partial charge in [0.25, 0.3) is 0 Å². The van der Waals surface area contributed by atoms with Crippen LogP contribution in [0.15, 0.2) is 60.7 Å². The molecule has 0 aliphatic carbocycles. The summed E-state index contributed by atoms with van der Waals surface area (Å²) in [6, 6.07) is 19.0. The molecular weight excluding hydrogens is 240 g/mol. The van der Waals surface area contributed by atoms with Gasteiger partial charge in [0, 0.05) is 0 Å². The van der Waals surface area contributed by atoms with E-state index in [0.29, 0.717) is 0 Å². The quantitative estimate of drug-likeness (QED) is 0.855. The van der Waals surface area contributed by atoms with E-state index < -0.39 is 18.2 Å². The van der Waals surface area contributed by atoms with Crippen LogP contribution in [0.1, 0.15) is 24.2 Å². The second kappa shape index (κ2) is 6.16. The second-order valence-electron chi connectivity index (χ2n) is 4.31. The Morgan fingerprint density at radius 2 is 1.37 bits per heavy atom. The Hall–Kier alpha value is -2.13. The predicted octanol–water partition coefficient (Wildman–Crippen LogP) is 2.70. The summed E-state index contributed by atoms with van der Waals surface area (Å²) in [6.07, 6.45) is -1.63. The van der Waals surface area contributed by atoms with Gasteiger partial charge < -0.3 is 9.84 Å². The fourth-order valence-corrected chi connectivity index (χ4v) is 1.80. The third-order valence-electron chi connectivity index (χ3n) is 2.78. The molecule has 2 aromatic carbocycles. The molecule has 1 unspecified atom stereocenters. The van der Waals surface area contributed by atoms with E-state index in [-0.39, 0.29) is 0 Å². The number of aliphatic hydroxyl groups is 1. The third kappa shape index (κ3) is 3.42. The van der Waals surface area contributed by atoms with Crippen molar-refractivity contribution in [1.29, 1.82) is 0 Å². The van der Waals surface area contributed by atoms with Gasteiger partial charge in [-0.15, -0.1) is 0 Å². The Morgan fingerprint density at radius 1 is 0.947 bits per heavy atom. The molecule has 0 saturated heterocycles. The van der Waals surface area contributed by atoms with Gasteiger partial charge in [-0.05, 0) is 18.1 Å². The summed E-state index contributed by atoms with van der Waals surface area (Å²) in [5.74, 6) is -0.627. The zero-order chi connectivity index (χ0) is 13.7. The highest BCUT2D eigenvalue weighted by Gasteiger charge is 2.21. The van der Waals surface area contributed by atoms with Gasteiger partial charge in [-0.3, -0.25) is 0 Å². The Balaban J connectivity index is 2.32. The van der Waals surface area contributed by atoms with E-state index in [1.165, 1.54) is 6.92 Å². The highest BCUT2D eigenvalue weighted by atomic mass is 16.6. The van der Waals surface area contributed by atoms with Crippen molar-refractivity contribution in [3.05, 3.63) is 71.8 Å². The number of rotatable bonds is 4. The van der Waals surface area contributed by atoms with Crippen molar-refractivity contribution in [1.82, 2.24) is 0 Å². The molecule has 0 aliphatic heterocycles. The average molecular weight is 256 g/mol. The first-order valence-corrected chi connectivity index (χ1v) is 6.17. The Kier molecular flexibility index (Phi) is 4.31. The number of benzene rings is 2. The van der Waals surface area contributed by atoms with Gasteiger partial charge in [0.05, 0.1) is 0 Å². The second-order valence-corrected chi connectivity index (χ2v) is 4.31. The van der Waals surface area contributed by atoms with E-state index in [9.17, 15) is 9.90 Å². The maximum atomic E-state index is 11.6. The Labute approximate surface area is 112 Å². The zero-order valence-corrected chi connectivity index (χ0v) is 10.7. The summed E-state index contributed by atoms with van der Waals surface area (Å²) in [5, 5.41) is 9.29. The molecule has 19 heavy (non-hydrogen) atoms. The third-order valence-corrected chi connectivity index (χ3v) is 2.78. The largest absolute Gasteiger partial charge is 0.451 e. The standard InChI is InChI=1S/C16H16O3/c1-12(17)16(18)19-15(13-8-4-2-5-9-13)14-10-6-3-7-11-14/h2-12,15,17H,1H3. The van der Waals surface area contributed by atoms with Gasteiger partial charge in [-0.1, -0.05) is 60.7 Å². The van der Waals surface area contributed by atoms with Gasteiger partial charge in [0.15, 0.2) is 6.10 Å². The molecule has 3 heteroatoms. The molecule has 0 aliphatic rings. The first kappa shape index (κ1) is 13.3. The van der Waals surface area contributed by atoms with Crippen molar-refractivity contribution >= 4 is 5.97 Å². The maximum Gasteiger partial charge on any atom is 0.335 e. The fourth-order valence-electron chi connectivity index (χ4n) is 1.80. The lowest BCUT2D eigenvalue weighted by Crippen LogP contribution is -2.22. The van der Waals surface area contributed by atoms with Crippen molar-refractivity contribution in [2.75, 3.05) is 0 Å². The lowest BCUT2D eigenvalue weighted by atomic mass is 10.0. The predicted molar refractivity (Wildman–Crippen MR) is 72.5 cm³/mol. The molecule has 0 heterocycles. The molecule has 98 valence electrons. The molecule has 0 bridgehead atoms. The highest BCUT2D eigenvalue weighted by Crippen LogP contribution is 2.26. The van der Waals surface area contributed by atoms with Crippen LogP contribution >= 0.6 is 0 Å². The van der Waals surface area contributed by atoms with Gasteiger partial charge >= 0.3 is 5.97 Å². The van der Waals surface area contributed by atoms with Crippen LogP contribution in [-0.4, -0.2) is 17.2 Å². The molecule has 3 nitrogen and oxygen atoms in total. The van der Waals surface area contributed by atoms with E-state index in [1.807, 2.05) is 60.7 Å². The average Bonchev–Trinajstić information content (AvgIpc) is 2.46. The lowest BCUT2D eigenvalue weighted by Gasteiger charge is -2.19. The number of esters is 1. The number of carbonyl (C=O) groups excluding carboxylic acids is 1. The minimum absolute atomic E-state index is 0.496. The fraction of sp³-hybridized carbons (Fsp3) is 0.188. The van der Waals surface area contributed by atoms with Gasteiger partial charge in [0.2, 0.25) is 0 Å². The van der Waals surface area contributed by atoms with Crippen LogP contribution in [0, 0.1) is 0 Å². The van der Waals surface area contributed by atoms with E-state index in [1.54, 1.807) is 0 Å². The number of aliphatic hydroxyl groups excluding tert-OH is 1. The molecule has 2 rings (SSSR count). The molecule has 0 amide bonds. The molecule has 0 spiro atoms. The lowest BCUT2D eigenvalue weighted by molar-refractivity contribution is -0.156. The first-order chi connectivity index (χ1) is 9.18. The zero-order valence-electron chi connectivity index (χ0n) is 10.7. The molecule has 0 fully saturated rings. The molecule has 0 aromatic heterocycles. The highest BCUT2D eigenvalue weighted by molar-refractivity contribution is 5.74. The molecular formula is C16H16O3. The summed E-state index contributed by atoms with van der Waals surface area (Å²) in [5.41, 5.74) is 1.76. The minimum Gasteiger partial charge on any atom is -0.451 e. The summed E-state index contributed by atoms with van der Waals surface area (Å²) in [4.78, 5) is 11.6. The molecule has 0 saturated carbocycles. The van der Waals surface area contributed by atoms with Gasteiger partial charge in [-0.2, -0.15) is 0 Å². The van der Waals surface area contributed by atoms with Crippen molar-refractivity contribution in [2.24, 2.45) is 0 Å². The summed E-state index contributed by atoms with van der Waals surface area (Å²) in [6.45, 7) is 1.40. The van der Waals surface area contributed by atoms with Crippen LogP contribution in [0.25, 0.3) is 0 Å². The van der Waals surface area contributed by atoms with Crippen LogP contribution < -0.4 is 0 Å². The normalized spacial score (nSPS) is 12.2. The summed E-state index contributed by atoms with van der Waals surface area (Å²) in [7, 11) is 0. The van der Waals surface area contributed by atoms with E-state index in [2.05, 4.69) is 0 Å². The maximum absolute atomic E-state index is 11.6. The van der Waals surface area contributed by atoms with Crippen LogP contribution in [0.2, 0.25) is 0 Å². The first-order valence-electron chi connectivity index (χ1n) is 6.17. The molecule has 2 aromatic rings. The number of carbonyl (C=O) groups is 1. The minimum atomic E-state index is -1.13. The van der Waals surface area contributed by atoms with Crippen molar-refractivity contribution in [3.63, 3.8) is 0 Å². The van der Waals surface area contributed by atoms with E-state index in [4.69, 9.17) is 4.74 Å². The van der Waals surface area contributed by atoms with Gasteiger partial charge in [0.1, 0.15) is 6.10 Å². The van der Waals surface area contributed by atoms with Crippen molar-refractivity contribution in [2.45, 2.75) is 19.1 Å². The summed E-state index contributed by atoms with van der Waals surface area (Å²) >= 11 is 0. The van der Waals surface area contributed by atoms with Crippen LogP contribution in [0.5, 0.6) is 0 Å².